The molecule has 0 spiro atoms. The fraction of sp³-hybridized carbons (Fsp3) is 0.900. The second-order valence-electron chi connectivity index (χ2n) is 3.86. The van der Waals surface area contributed by atoms with Crippen LogP contribution in [0.15, 0.2) is 4.99 Å². The van der Waals surface area contributed by atoms with Crippen LogP contribution in [0.3, 0.4) is 0 Å². The van der Waals surface area contributed by atoms with Gasteiger partial charge in [-0.25, -0.2) is 0 Å². The maximum absolute atomic E-state index is 4.97. The molecule has 0 amide bonds. The lowest BCUT2D eigenvalue weighted by molar-refractivity contribution is 0.197. The predicted molar refractivity (Wildman–Crippen MR) is 63.1 cm³/mol. The number of thioether (sulfide) groups is 1. The fourth-order valence-electron chi connectivity index (χ4n) is 1.22. The molecule has 1 atom stereocenters. The van der Waals surface area contributed by atoms with E-state index in [4.69, 9.17) is 4.74 Å². The molecule has 3 nitrogen and oxygen atoms in total. The minimum absolute atomic E-state index is 0.255. The second kappa shape index (κ2) is 5.61. The number of hydrogen-bond acceptors (Lipinski definition) is 3. The number of ether oxygens (including phenoxy) is 1. The Bertz CT molecular complexity index is 208. The molecule has 1 fully saturated rings. The normalized spacial score (nSPS) is 29.5. The molecule has 0 aromatic carbocycles. The van der Waals surface area contributed by atoms with Gasteiger partial charge in [0.2, 0.25) is 0 Å². The van der Waals surface area contributed by atoms with E-state index in [0.29, 0.717) is 0 Å². The van der Waals surface area contributed by atoms with Crippen LogP contribution in [0.5, 0.6) is 0 Å². The Kier molecular flexibility index (Phi) is 4.75. The van der Waals surface area contributed by atoms with Crippen LogP contribution in [0.25, 0.3) is 0 Å². The van der Waals surface area contributed by atoms with Crippen LogP contribution in [-0.2, 0) is 4.74 Å². The monoisotopic (exact) mass is 216 g/mol. The molecule has 14 heavy (non-hydrogen) atoms. The van der Waals surface area contributed by atoms with Crippen molar-refractivity contribution in [1.29, 1.82) is 0 Å². The Balaban J connectivity index is 2.27. The predicted octanol–water partition coefficient (Wildman–Crippen LogP) is 1.88. The molecule has 0 bridgehead atoms. The van der Waals surface area contributed by atoms with E-state index >= 15 is 0 Å². The van der Waals surface area contributed by atoms with Crippen molar-refractivity contribution in [3.05, 3.63) is 0 Å². The zero-order chi connectivity index (χ0) is 10.4. The quantitative estimate of drug-likeness (QED) is 0.712. The van der Waals surface area contributed by atoms with Crippen molar-refractivity contribution in [2.24, 2.45) is 4.99 Å². The summed E-state index contributed by atoms with van der Waals surface area (Å²) in [6.07, 6.45) is 2.15. The SMILES string of the molecule is CCC1(C)CSC(=NCCCOC)N1. The van der Waals surface area contributed by atoms with Crippen molar-refractivity contribution in [3.63, 3.8) is 0 Å². The average Bonchev–Trinajstić information content (AvgIpc) is 2.56. The van der Waals surface area contributed by atoms with Crippen LogP contribution in [0.2, 0.25) is 0 Å². The molecule has 1 aliphatic rings. The molecule has 0 radical (unpaired) electrons. The first-order valence-electron chi connectivity index (χ1n) is 5.14. The Hall–Kier alpha value is -0.220. The molecular formula is C10H20N2OS. The average molecular weight is 216 g/mol. The number of amidine groups is 1. The zero-order valence-corrected chi connectivity index (χ0v) is 10.1. The van der Waals surface area contributed by atoms with Crippen LogP contribution in [-0.4, -0.2) is 36.7 Å². The lowest BCUT2D eigenvalue weighted by atomic mass is 10.0. The van der Waals surface area contributed by atoms with Crippen LogP contribution in [0.4, 0.5) is 0 Å². The van der Waals surface area contributed by atoms with E-state index in [2.05, 4.69) is 24.2 Å². The molecule has 1 unspecified atom stereocenters. The Morgan fingerprint density at radius 3 is 3.00 bits per heavy atom. The van der Waals surface area contributed by atoms with Gasteiger partial charge in [0.25, 0.3) is 0 Å². The lowest BCUT2D eigenvalue weighted by Gasteiger charge is -2.20. The standard InChI is InChI=1S/C10H20N2OS/c1-4-10(2)8-14-9(12-10)11-6-5-7-13-3/h4-8H2,1-3H3,(H,11,12). The van der Waals surface area contributed by atoms with E-state index in [0.717, 1.165) is 36.9 Å². The van der Waals surface area contributed by atoms with Crippen molar-refractivity contribution in [2.75, 3.05) is 26.0 Å². The van der Waals surface area contributed by atoms with E-state index in [9.17, 15) is 0 Å². The molecule has 0 aromatic heterocycles. The summed E-state index contributed by atoms with van der Waals surface area (Å²) in [5.74, 6) is 1.13. The summed E-state index contributed by atoms with van der Waals surface area (Å²) >= 11 is 1.83. The van der Waals surface area contributed by atoms with Gasteiger partial charge in [-0.15, -0.1) is 0 Å². The van der Waals surface area contributed by atoms with E-state index in [1.165, 1.54) is 0 Å². The zero-order valence-electron chi connectivity index (χ0n) is 9.30. The van der Waals surface area contributed by atoms with Crippen LogP contribution < -0.4 is 5.32 Å². The molecule has 1 N–H and O–H groups in total. The van der Waals surface area contributed by atoms with Crippen molar-refractivity contribution < 1.29 is 4.74 Å². The Labute approximate surface area is 90.7 Å². The largest absolute Gasteiger partial charge is 0.385 e. The first kappa shape index (κ1) is 11.9. The summed E-state index contributed by atoms with van der Waals surface area (Å²) in [4.78, 5) is 4.49. The number of hydrogen-bond donors (Lipinski definition) is 1. The van der Waals surface area contributed by atoms with Gasteiger partial charge in [0.15, 0.2) is 5.17 Å². The van der Waals surface area contributed by atoms with Gasteiger partial charge >= 0.3 is 0 Å². The Morgan fingerprint density at radius 2 is 2.43 bits per heavy atom. The number of nitrogens with zero attached hydrogens (tertiary/aromatic N) is 1. The minimum Gasteiger partial charge on any atom is -0.385 e. The van der Waals surface area contributed by atoms with Crippen LogP contribution >= 0.6 is 11.8 Å². The molecule has 1 saturated heterocycles. The van der Waals surface area contributed by atoms with Gasteiger partial charge in [-0.05, 0) is 19.8 Å². The molecular weight excluding hydrogens is 196 g/mol. The highest BCUT2D eigenvalue weighted by Crippen LogP contribution is 2.25. The third kappa shape index (κ3) is 3.50. The third-order valence-electron chi connectivity index (χ3n) is 2.48. The third-order valence-corrected chi connectivity index (χ3v) is 3.76. The van der Waals surface area contributed by atoms with E-state index in [1.807, 2.05) is 11.8 Å². The van der Waals surface area contributed by atoms with Gasteiger partial charge < -0.3 is 10.1 Å². The van der Waals surface area contributed by atoms with Crippen molar-refractivity contribution >= 4 is 16.9 Å². The summed E-state index contributed by atoms with van der Waals surface area (Å²) < 4.78 is 4.97. The summed E-state index contributed by atoms with van der Waals surface area (Å²) in [7, 11) is 1.73. The van der Waals surface area contributed by atoms with Crippen LogP contribution in [0, 0.1) is 0 Å². The highest BCUT2D eigenvalue weighted by molar-refractivity contribution is 8.14. The topological polar surface area (TPSA) is 33.6 Å². The van der Waals surface area contributed by atoms with E-state index in [1.54, 1.807) is 7.11 Å². The smallest absolute Gasteiger partial charge is 0.157 e. The van der Waals surface area contributed by atoms with Crippen LogP contribution in [0.1, 0.15) is 26.7 Å². The second-order valence-corrected chi connectivity index (χ2v) is 4.83. The number of nitrogens with one attached hydrogen (secondary N) is 1. The molecule has 0 aromatic rings. The number of methoxy groups -OCH3 is 1. The van der Waals surface area contributed by atoms with Gasteiger partial charge in [-0.3, -0.25) is 4.99 Å². The van der Waals surface area contributed by atoms with Gasteiger partial charge in [-0.1, -0.05) is 18.7 Å². The van der Waals surface area contributed by atoms with Crippen molar-refractivity contribution in [1.82, 2.24) is 5.32 Å². The maximum atomic E-state index is 4.97. The highest BCUT2D eigenvalue weighted by atomic mass is 32.2. The molecule has 0 aliphatic carbocycles. The molecule has 82 valence electrons. The number of aliphatic imine (C=N–C) groups is 1. The van der Waals surface area contributed by atoms with E-state index < -0.39 is 0 Å². The fourth-order valence-corrected chi connectivity index (χ4v) is 2.46. The first-order valence-corrected chi connectivity index (χ1v) is 6.13. The summed E-state index contributed by atoms with van der Waals surface area (Å²) in [5.41, 5.74) is 0.255. The van der Waals surface area contributed by atoms with Gasteiger partial charge in [-0.2, -0.15) is 0 Å². The molecule has 4 heteroatoms. The van der Waals surface area contributed by atoms with Gasteiger partial charge in [0.1, 0.15) is 0 Å². The van der Waals surface area contributed by atoms with Gasteiger partial charge in [0.05, 0.1) is 0 Å². The molecule has 1 aliphatic heterocycles. The number of rotatable bonds is 5. The summed E-state index contributed by atoms with van der Waals surface area (Å²) in [5, 5.41) is 4.57. The van der Waals surface area contributed by atoms with E-state index in [-0.39, 0.29) is 5.54 Å². The lowest BCUT2D eigenvalue weighted by Crippen LogP contribution is -2.39. The molecule has 1 heterocycles. The molecule has 0 saturated carbocycles. The molecule has 1 rings (SSSR count). The van der Waals surface area contributed by atoms with Crippen molar-refractivity contribution in [3.8, 4) is 0 Å². The van der Waals surface area contributed by atoms with Crippen molar-refractivity contribution in [2.45, 2.75) is 32.2 Å². The first-order chi connectivity index (χ1) is 6.70. The maximum Gasteiger partial charge on any atom is 0.157 e. The highest BCUT2D eigenvalue weighted by Gasteiger charge is 2.30. The summed E-state index contributed by atoms with van der Waals surface area (Å²) in [6.45, 7) is 6.12. The summed E-state index contributed by atoms with van der Waals surface area (Å²) in [6, 6.07) is 0. The van der Waals surface area contributed by atoms with Gasteiger partial charge in [0, 0.05) is 31.6 Å². The minimum atomic E-state index is 0.255. The Morgan fingerprint density at radius 1 is 1.64 bits per heavy atom.